The monoisotopic (exact) mass is 1610 g/mol. The average Bonchev–Trinajstić information content (AvgIpc) is 1.07. The van der Waals surface area contributed by atoms with Crippen LogP contribution in [0.2, 0.25) is 0 Å². The number of benzene rings is 6. The highest BCUT2D eigenvalue weighted by Gasteiger charge is 2.37. The number of nitrogens with zero attached hydrogens (tertiary/aromatic N) is 1. The van der Waals surface area contributed by atoms with Crippen molar-refractivity contribution in [1.29, 1.82) is 10.8 Å². The minimum absolute atomic E-state index is 0.000469. The lowest BCUT2D eigenvalue weighted by molar-refractivity contribution is -0.141. The first-order chi connectivity index (χ1) is 55.9. The molecular formula is C81H105N21O15. The summed E-state index contributed by atoms with van der Waals surface area (Å²) in [7, 11) is 0. The van der Waals surface area contributed by atoms with Gasteiger partial charge >= 0.3 is 5.97 Å². The molecule has 624 valence electrons. The number of nitrogens with one attached hydrogen (secondary N) is 16. The van der Waals surface area contributed by atoms with Crippen LogP contribution in [0, 0.1) is 16.7 Å². The number of carboxylic acids is 1. The van der Waals surface area contributed by atoms with Crippen LogP contribution >= 0.6 is 0 Å². The molecule has 0 aliphatic carbocycles. The molecule has 0 unspecified atom stereocenters. The Labute approximate surface area is 675 Å². The van der Waals surface area contributed by atoms with Crippen LogP contribution in [0.15, 0.2) is 152 Å². The van der Waals surface area contributed by atoms with E-state index in [-0.39, 0.29) is 88.7 Å². The molecule has 6 aromatic carbocycles. The van der Waals surface area contributed by atoms with Crippen LogP contribution < -0.4 is 92.1 Å². The number of carbonyl (C=O) groups excluding carboxylic acids is 12. The lowest BCUT2D eigenvalue weighted by Gasteiger charge is -2.28. The summed E-state index contributed by atoms with van der Waals surface area (Å²) >= 11 is 0. The Kier molecular flexibility index (Phi) is 35.6. The van der Waals surface area contributed by atoms with Crippen molar-refractivity contribution in [1.82, 2.24) is 79.1 Å². The fourth-order valence-electron chi connectivity index (χ4n) is 12.7. The summed E-state index contributed by atoms with van der Waals surface area (Å²) in [5.41, 5.74) is 25.2. The van der Waals surface area contributed by atoms with Gasteiger partial charge < -0.3 is 107 Å². The third-order valence-corrected chi connectivity index (χ3v) is 18.9. The number of unbranched alkanes of at least 4 members (excludes halogenated alkanes) is 1. The van der Waals surface area contributed by atoms with Crippen molar-refractivity contribution in [3.05, 3.63) is 180 Å². The summed E-state index contributed by atoms with van der Waals surface area (Å²) in [6.07, 6.45) is 1.57. The number of aromatic amines is 1. The van der Waals surface area contributed by atoms with Crippen molar-refractivity contribution < 1.29 is 72.5 Å². The Morgan fingerprint density at radius 1 is 0.427 bits per heavy atom. The van der Waals surface area contributed by atoms with E-state index in [0.717, 1.165) is 16.2 Å². The van der Waals surface area contributed by atoms with Gasteiger partial charge in [-0.2, -0.15) is 0 Å². The number of phenolic OH excluding ortho intramolecular Hbond substituents is 1. The maximum absolute atomic E-state index is 15.4. The molecule has 0 saturated carbocycles. The third-order valence-electron chi connectivity index (χ3n) is 18.9. The number of hydrogen-bond acceptors (Lipinski definition) is 18. The first kappa shape index (κ1) is 90.7. The number of hydrogen-bond donors (Lipinski definition) is 22. The topological polar surface area (TPSA) is 599 Å². The van der Waals surface area contributed by atoms with Crippen LogP contribution in [0.4, 0.5) is 0 Å². The maximum Gasteiger partial charge on any atom is 0.305 e. The molecule has 10 atom stereocenters. The lowest BCUT2D eigenvalue weighted by atomic mass is 9.99. The summed E-state index contributed by atoms with van der Waals surface area (Å²) in [5.74, 6) is -13.8. The van der Waals surface area contributed by atoms with Crippen LogP contribution in [0.3, 0.4) is 0 Å². The number of imidazole rings is 1. The Morgan fingerprint density at radius 2 is 0.838 bits per heavy atom. The molecule has 1 aromatic heterocycles. The standard InChI is InChI=1S/C81H105N21O15/c1-4-5-21-58(97-79(117)69(46(2)3)102-70(108)57(82)36-48-26-30-56(103)31-27-48)71(109)92-44-67(105)94-64(40-55-42-88-45-93-55)77(115)100-62(38-49-24-28-51-17-9-11-19-53(51)34-49)75(113)95-60(23-14-33-90-81(86)87)74(112)99-63(39-50-25-29-52-18-10-12-20-54(52)35-50)76(114)101-65(41-68(106)107)78(116)96-59(22-13-32-89-80(84)85)73(111)98-61(72(110)91-43-66(83)104)37-47-15-7-6-8-16-47/h6-12,15-20,24-31,34-35,42,45-46,57-65,69,103H,4-5,13-14,21-23,32-33,36-41,43-44,82H2,1-3H3,(H2,83,104)(H,88,93)(H,91,110)(H,92,109)(H,94,105)(H,95,113)(H,96,116)(H,97,117)(H,98,111)(H,99,112)(H,100,115)(H,101,114)(H,102,108)(H,106,107)(H4,84,85,89)(H4,86,87,90)/t57-,58-,59-,60-,61-,62+,63+,64-,65-,69-/m0/s1. The Bertz CT molecular complexity index is 4610. The number of guanidine groups is 2. The first-order valence-electron chi connectivity index (χ1n) is 38.4. The third kappa shape index (κ3) is 30.7. The van der Waals surface area contributed by atoms with Gasteiger partial charge in [-0.3, -0.25) is 73.1 Å². The molecule has 0 spiro atoms. The summed E-state index contributed by atoms with van der Waals surface area (Å²) in [6, 6.07) is 24.8. The number of nitrogens with two attached hydrogens (primary N) is 4. The number of primary amides is 1. The second kappa shape index (κ2) is 46.0. The maximum atomic E-state index is 15.4. The molecule has 0 radical (unpaired) electrons. The van der Waals surface area contributed by atoms with E-state index in [1.54, 1.807) is 111 Å². The van der Waals surface area contributed by atoms with Crippen molar-refractivity contribution >= 4 is 110 Å². The molecule has 36 nitrogen and oxygen atoms in total. The number of aliphatic carboxylic acids is 1. The number of carbonyl (C=O) groups is 13. The van der Waals surface area contributed by atoms with E-state index in [1.807, 2.05) is 37.3 Å². The van der Waals surface area contributed by atoms with E-state index in [4.69, 9.17) is 33.8 Å². The number of fused-ring (bicyclic) bond motifs is 2. The Hall–Kier alpha value is -13.5. The quantitative estimate of drug-likeness (QED) is 0.0126. The number of amides is 12. The summed E-state index contributed by atoms with van der Waals surface area (Å²) < 4.78 is 0. The van der Waals surface area contributed by atoms with E-state index in [2.05, 4.69) is 79.1 Å². The molecule has 7 aromatic rings. The van der Waals surface area contributed by atoms with Gasteiger partial charge in [-0.15, -0.1) is 0 Å². The molecule has 7 rings (SSSR count). The van der Waals surface area contributed by atoms with Gasteiger partial charge in [0.25, 0.3) is 0 Å². The molecule has 0 aliphatic rings. The predicted molar refractivity (Wildman–Crippen MR) is 435 cm³/mol. The van der Waals surface area contributed by atoms with Crippen LogP contribution in [0.5, 0.6) is 5.75 Å². The molecule has 12 amide bonds. The highest BCUT2D eigenvalue weighted by Crippen LogP contribution is 2.21. The largest absolute Gasteiger partial charge is 0.508 e. The minimum atomic E-state index is -1.99. The number of rotatable bonds is 47. The second-order valence-corrected chi connectivity index (χ2v) is 28.6. The van der Waals surface area contributed by atoms with Crippen LogP contribution in [0.25, 0.3) is 21.5 Å². The zero-order chi connectivity index (χ0) is 85.1. The van der Waals surface area contributed by atoms with E-state index >= 15 is 19.2 Å². The van der Waals surface area contributed by atoms with Gasteiger partial charge in [0.2, 0.25) is 70.9 Å². The van der Waals surface area contributed by atoms with Gasteiger partial charge in [0, 0.05) is 45.0 Å². The fourth-order valence-corrected chi connectivity index (χ4v) is 12.7. The van der Waals surface area contributed by atoms with Crippen molar-refractivity contribution in [2.24, 2.45) is 28.9 Å². The first-order valence-corrected chi connectivity index (χ1v) is 38.4. The Morgan fingerprint density at radius 3 is 1.32 bits per heavy atom. The lowest BCUT2D eigenvalue weighted by Crippen LogP contribution is -2.61. The zero-order valence-corrected chi connectivity index (χ0v) is 65.3. The molecule has 0 bridgehead atoms. The van der Waals surface area contributed by atoms with Crippen molar-refractivity contribution in [3.63, 3.8) is 0 Å². The van der Waals surface area contributed by atoms with Gasteiger partial charge in [-0.1, -0.05) is 161 Å². The Balaban J connectivity index is 1.16. The van der Waals surface area contributed by atoms with Gasteiger partial charge in [-0.25, -0.2) is 4.98 Å². The van der Waals surface area contributed by atoms with Gasteiger partial charge in [0.05, 0.1) is 37.6 Å². The van der Waals surface area contributed by atoms with Crippen LogP contribution in [0.1, 0.15) is 100 Å². The van der Waals surface area contributed by atoms with Gasteiger partial charge in [0.15, 0.2) is 11.9 Å². The SMILES string of the molecule is CCCC[C@H](NC(=O)[C@@H](NC(=O)[C@@H](N)Cc1ccc(O)cc1)C(C)C)C(=O)NCC(=O)N[C@@H](Cc1c[nH]cn1)C(=O)N[C@H](Cc1ccc2ccccc2c1)C(=O)N[C@@H](CCCNC(=N)N)C(=O)N[C@H](Cc1ccc2ccccc2c1)C(=O)N[C@@H](CC(=O)O)C(=O)N[C@@H](CCCNC(=N)N)C(=O)N[C@@H](Cc1ccccc1)C(=O)NCC(N)=O. The van der Waals surface area contributed by atoms with E-state index in [0.29, 0.717) is 40.5 Å². The van der Waals surface area contributed by atoms with Crippen LogP contribution in [-0.2, 0) is 94.4 Å². The van der Waals surface area contributed by atoms with Crippen molar-refractivity contribution in [2.45, 2.75) is 165 Å². The van der Waals surface area contributed by atoms with Crippen LogP contribution in [-0.4, -0.2) is 196 Å². The molecule has 26 N–H and O–H groups in total. The predicted octanol–water partition coefficient (Wildman–Crippen LogP) is -0.809. The highest BCUT2D eigenvalue weighted by molar-refractivity contribution is 6.00. The molecule has 0 aliphatic heterocycles. The summed E-state index contributed by atoms with van der Waals surface area (Å²) in [4.78, 5) is 191. The number of aromatic hydroxyl groups is 1. The molecule has 0 saturated heterocycles. The zero-order valence-electron chi connectivity index (χ0n) is 65.3. The van der Waals surface area contributed by atoms with Crippen molar-refractivity contribution in [2.75, 3.05) is 26.2 Å². The summed E-state index contributed by atoms with van der Waals surface area (Å²) in [5, 5.41) is 72.6. The van der Waals surface area contributed by atoms with Gasteiger partial charge in [0.1, 0.15) is 60.1 Å². The number of aromatic nitrogens is 2. The normalized spacial score (nSPS) is 13.6. The molecular weight excluding hydrogens is 1510 g/mol. The molecule has 0 fully saturated rings. The van der Waals surface area contributed by atoms with Crippen molar-refractivity contribution in [3.8, 4) is 5.75 Å². The fraction of sp³-hybridized carbons (Fsp3) is 0.383. The molecule has 36 heteroatoms. The number of H-pyrrole nitrogens is 1. The smallest absolute Gasteiger partial charge is 0.305 e. The number of phenols is 1. The number of carboxylic acid groups (broad SMARTS) is 1. The average molecular weight is 1610 g/mol. The summed E-state index contributed by atoms with van der Waals surface area (Å²) in [6.45, 7) is 3.91. The van der Waals surface area contributed by atoms with E-state index in [1.165, 1.54) is 24.7 Å². The van der Waals surface area contributed by atoms with E-state index < -0.39 is 175 Å². The molecule has 117 heavy (non-hydrogen) atoms. The highest BCUT2D eigenvalue weighted by atomic mass is 16.4. The van der Waals surface area contributed by atoms with E-state index in [9.17, 15) is 53.4 Å². The minimum Gasteiger partial charge on any atom is -0.508 e. The second-order valence-electron chi connectivity index (χ2n) is 28.6. The molecule has 1 heterocycles. The van der Waals surface area contributed by atoms with Gasteiger partial charge in [-0.05, 0) is 100 Å².